The average Bonchev–Trinajstić information content (AvgIpc) is 3.03. The highest BCUT2D eigenvalue weighted by atomic mass is 16.2. The smallest absolute Gasteiger partial charge is 0.228 e. The van der Waals surface area contributed by atoms with Crippen molar-refractivity contribution in [2.75, 3.05) is 13.1 Å². The van der Waals surface area contributed by atoms with E-state index >= 15 is 0 Å². The van der Waals surface area contributed by atoms with E-state index in [1.54, 1.807) is 0 Å². The van der Waals surface area contributed by atoms with Gasteiger partial charge in [0.2, 0.25) is 5.91 Å². The van der Waals surface area contributed by atoms with Gasteiger partial charge in [0.15, 0.2) is 0 Å². The van der Waals surface area contributed by atoms with E-state index in [1.165, 1.54) is 38.5 Å². The second kappa shape index (κ2) is 7.16. The molecule has 0 aromatic heterocycles. The molecular weight excluding hydrogens is 222 g/mol. The molecule has 0 aromatic carbocycles. The molecule has 0 aliphatic heterocycles. The largest absolute Gasteiger partial charge is 0.343 e. The number of carbonyl (C=O) groups excluding carboxylic acids is 1. The molecule has 1 fully saturated rings. The van der Waals surface area contributed by atoms with Crippen molar-refractivity contribution >= 4 is 5.91 Å². The number of hydrogen-bond acceptors (Lipinski definition) is 1. The standard InChI is InChI=1S/C16H31NO/c1-5-8-9-10-11-12-14-13-16(14,4)15(18)17(6-2)7-3/h14H,5-13H2,1-4H3/t14-,16-/m0/s1. The summed E-state index contributed by atoms with van der Waals surface area (Å²) in [7, 11) is 0. The summed E-state index contributed by atoms with van der Waals surface area (Å²) in [6, 6.07) is 0. The van der Waals surface area contributed by atoms with Crippen LogP contribution >= 0.6 is 0 Å². The van der Waals surface area contributed by atoms with E-state index in [2.05, 4.69) is 27.7 Å². The Bertz CT molecular complexity index is 260. The first kappa shape index (κ1) is 15.5. The third-order valence-corrected chi connectivity index (χ3v) is 4.61. The second-order valence-electron chi connectivity index (χ2n) is 6.00. The number of rotatable bonds is 9. The fourth-order valence-electron chi connectivity index (χ4n) is 3.00. The summed E-state index contributed by atoms with van der Waals surface area (Å²) < 4.78 is 0. The molecule has 0 spiro atoms. The van der Waals surface area contributed by atoms with Crippen LogP contribution in [0.4, 0.5) is 0 Å². The molecule has 1 rings (SSSR count). The van der Waals surface area contributed by atoms with Crippen LogP contribution in [0.1, 0.15) is 72.6 Å². The Balaban J connectivity index is 2.26. The van der Waals surface area contributed by atoms with E-state index in [0.29, 0.717) is 11.8 Å². The first-order valence-electron chi connectivity index (χ1n) is 7.89. The number of hydrogen-bond donors (Lipinski definition) is 0. The molecule has 106 valence electrons. The minimum Gasteiger partial charge on any atom is -0.343 e. The normalized spacial score (nSPS) is 26.1. The Morgan fingerprint density at radius 3 is 2.28 bits per heavy atom. The predicted molar refractivity (Wildman–Crippen MR) is 77.5 cm³/mol. The Hall–Kier alpha value is -0.530. The summed E-state index contributed by atoms with van der Waals surface area (Å²) in [5, 5.41) is 0. The van der Waals surface area contributed by atoms with Gasteiger partial charge in [-0.25, -0.2) is 0 Å². The molecule has 0 radical (unpaired) electrons. The van der Waals surface area contributed by atoms with Crippen LogP contribution in [0.15, 0.2) is 0 Å². The average molecular weight is 253 g/mol. The van der Waals surface area contributed by atoms with Gasteiger partial charge in [-0.2, -0.15) is 0 Å². The summed E-state index contributed by atoms with van der Waals surface area (Å²) in [5.41, 5.74) is -0.0171. The van der Waals surface area contributed by atoms with Gasteiger partial charge in [0.05, 0.1) is 0 Å². The second-order valence-corrected chi connectivity index (χ2v) is 6.00. The minimum atomic E-state index is -0.0171. The van der Waals surface area contributed by atoms with Crippen molar-refractivity contribution in [3.8, 4) is 0 Å². The lowest BCUT2D eigenvalue weighted by Gasteiger charge is -2.23. The number of unbranched alkanes of at least 4 members (excludes halogenated alkanes) is 4. The lowest BCUT2D eigenvalue weighted by atomic mass is 10.00. The molecule has 0 bridgehead atoms. The van der Waals surface area contributed by atoms with E-state index in [1.807, 2.05) is 4.90 Å². The van der Waals surface area contributed by atoms with Crippen LogP contribution in [0.3, 0.4) is 0 Å². The summed E-state index contributed by atoms with van der Waals surface area (Å²) in [5.74, 6) is 1.05. The lowest BCUT2D eigenvalue weighted by Crippen LogP contribution is -2.36. The molecule has 0 unspecified atom stereocenters. The zero-order valence-corrected chi connectivity index (χ0v) is 12.8. The molecule has 18 heavy (non-hydrogen) atoms. The minimum absolute atomic E-state index is 0.0171. The zero-order chi connectivity index (χ0) is 13.6. The van der Waals surface area contributed by atoms with E-state index in [9.17, 15) is 4.79 Å². The highest BCUT2D eigenvalue weighted by Crippen LogP contribution is 2.55. The zero-order valence-electron chi connectivity index (χ0n) is 12.8. The van der Waals surface area contributed by atoms with Gasteiger partial charge in [-0.3, -0.25) is 4.79 Å². The molecular formula is C16H31NO. The lowest BCUT2D eigenvalue weighted by molar-refractivity contribution is -0.136. The number of amides is 1. The highest BCUT2D eigenvalue weighted by molar-refractivity contribution is 5.85. The molecule has 0 N–H and O–H groups in total. The molecule has 0 aromatic rings. The van der Waals surface area contributed by atoms with E-state index < -0.39 is 0 Å². The van der Waals surface area contributed by atoms with Crippen molar-refractivity contribution in [3.63, 3.8) is 0 Å². The highest BCUT2D eigenvalue weighted by Gasteiger charge is 2.56. The van der Waals surface area contributed by atoms with Gasteiger partial charge in [-0.15, -0.1) is 0 Å². The van der Waals surface area contributed by atoms with Gasteiger partial charge in [0.1, 0.15) is 0 Å². The quantitative estimate of drug-likeness (QED) is 0.563. The van der Waals surface area contributed by atoms with Gasteiger partial charge in [0.25, 0.3) is 0 Å². The Labute approximate surface area is 113 Å². The summed E-state index contributed by atoms with van der Waals surface area (Å²) in [4.78, 5) is 14.4. The van der Waals surface area contributed by atoms with Gasteiger partial charge in [-0.05, 0) is 32.6 Å². The molecule has 2 nitrogen and oxygen atoms in total. The predicted octanol–water partition coefficient (Wildman–Crippen LogP) is 4.24. The first-order chi connectivity index (χ1) is 8.60. The van der Waals surface area contributed by atoms with Crippen molar-refractivity contribution in [1.29, 1.82) is 0 Å². The fraction of sp³-hybridized carbons (Fsp3) is 0.938. The van der Waals surface area contributed by atoms with E-state index in [0.717, 1.165) is 19.5 Å². The van der Waals surface area contributed by atoms with Gasteiger partial charge >= 0.3 is 0 Å². The van der Waals surface area contributed by atoms with Crippen LogP contribution in [-0.2, 0) is 4.79 Å². The molecule has 2 atom stereocenters. The fourth-order valence-corrected chi connectivity index (χ4v) is 3.00. The molecule has 1 aliphatic rings. The third kappa shape index (κ3) is 3.73. The van der Waals surface area contributed by atoms with Gasteiger partial charge in [0, 0.05) is 18.5 Å². The third-order valence-electron chi connectivity index (χ3n) is 4.61. The SMILES string of the molecule is CCCCCCC[C@H]1C[C@]1(C)C(=O)N(CC)CC. The van der Waals surface area contributed by atoms with Crippen LogP contribution < -0.4 is 0 Å². The maximum atomic E-state index is 12.4. The van der Waals surface area contributed by atoms with E-state index in [4.69, 9.17) is 0 Å². The molecule has 0 heterocycles. The molecule has 2 heteroatoms. The van der Waals surface area contributed by atoms with Crippen molar-refractivity contribution in [2.24, 2.45) is 11.3 Å². The number of nitrogens with zero attached hydrogens (tertiary/aromatic N) is 1. The van der Waals surface area contributed by atoms with Crippen molar-refractivity contribution < 1.29 is 4.79 Å². The van der Waals surface area contributed by atoms with Crippen molar-refractivity contribution in [3.05, 3.63) is 0 Å². The van der Waals surface area contributed by atoms with Gasteiger partial charge in [-0.1, -0.05) is 46.0 Å². The van der Waals surface area contributed by atoms with Crippen molar-refractivity contribution in [2.45, 2.75) is 72.6 Å². The van der Waals surface area contributed by atoms with E-state index in [-0.39, 0.29) is 5.41 Å². The summed E-state index contributed by atoms with van der Waals surface area (Å²) in [6.07, 6.45) is 9.07. The molecule has 1 saturated carbocycles. The van der Waals surface area contributed by atoms with Crippen LogP contribution in [-0.4, -0.2) is 23.9 Å². The number of carbonyl (C=O) groups is 1. The van der Waals surface area contributed by atoms with Crippen LogP contribution in [0.5, 0.6) is 0 Å². The summed E-state index contributed by atoms with van der Waals surface area (Å²) >= 11 is 0. The maximum absolute atomic E-state index is 12.4. The maximum Gasteiger partial charge on any atom is 0.228 e. The molecule has 1 amide bonds. The first-order valence-corrected chi connectivity index (χ1v) is 7.89. The monoisotopic (exact) mass is 253 g/mol. The van der Waals surface area contributed by atoms with Gasteiger partial charge < -0.3 is 4.90 Å². The van der Waals surface area contributed by atoms with Crippen LogP contribution in [0.25, 0.3) is 0 Å². The Morgan fingerprint density at radius 2 is 1.72 bits per heavy atom. The summed E-state index contributed by atoms with van der Waals surface area (Å²) in [6.45, 7) is 10.3. The van der Waals surface area contributed by atoms with Crippen molar-refractivity contribution in [1.82, 2.24) is 4.90 Å². The topological polar surface area (TPSA) is 20.3 Å². The molecule has 1 aliphatic carbocycles. The Kier molecular flexibility index (Phi) is 6.17. The van der Waals surface area contributed by atoms with Crippen LogP contribution in [0.2, 0.25) is 0 Å². The van der Waals surface area contributed by atoms with Crippen LogP contribution in [0, 0.1) is 11.3 Å². The Morgan fingerprint density at radius 1 is 1.11 bits per heavy atom. The molecule has 0 saturated heterocycles.